The number of hydrogen-bond acceptors (Lipinski definition) is 5. The molecule has 7 nitrogen and oxygen atoms in total. The van der Waals surface area contributed by atoms with Crippen molar-refractivity contribution in [1.82, 2.24) is 19.9 Å². The number of likely N-dealkylation sites (tertiary alicyclic amines) is 1. The number of carbonyl (C=O) groups excluding carboxylic acids is 1. The molecule has 3 rings (SSSR count). The summed E-state index contributed by atoms with van der Waals surface area (Å²) in [6, 6.07) is 1.82. The third kappa shape index (κ3) is 3.05. The normalized spacial score (nSPS) is 22.8. The molecule has 0 aromatic carbocycles. The first-order chi connectivity index (χ1) is 11.1. The molecule has 0 spiro atoms. The van der Waals surface area contributed by atoms with Crippen LogP contribution in [-0.2, 0) is 4.79 Å². The minimum absolute atomic E-state index is 0.0712. The SMILES string of the molecule is C=CC(=O)N1C[C@H](Nc2ncnc3[nH]ccc23)CC[C@H]1[C@@H](C)O. The minimum Gasteiger partial charge on any atom is -0.391 e. The summed E-state index contributed by atoms with van der Waals surface area (Å²) in [5.41, 5.74) is 0.777. The maximum atomic E-state index is 12.1. The van der Waals surface area contributed by atoms with E-state index in [2.05, 4.69) is 26.8 Å². The third-order valence-electron chi connectivity index (χ3n) is 4.34. The molecule has 2 aromatic rings. The topological polar surface area (TPSA) is 94.1 Å². The number of aromatic amines is 1. The maximum Gasteiger partial charge on any atom is 0.246 e. The smallest absolute Gasteiger partial charge is 0.246 e. The van der Waals surface area contributed by atoms with Crippen LogP contribution in [0.15, 0.2) is 31.2 Å². The van der Waals surface area contributed by atoms with Crippen molar-refractivity contribution in [3.8, 4) is 0 Å². The van der Waals surface area contributed by atoms with Gasteiger partial charge in [0.25, 0.3) is 0 Å². The molecule has 2 aromatic heterocycles. The van der Waals surface area contributed by atoms with Crippen molar-refractivity contribution in [2.45, 2.75) is 38.0 Å². The summed E-state index contributed by atoms with van der Waals surface area (Å²) in [5, 5.41) is 14.2. The van der Waals surface area contributed by atoms with Crippen LogP contribution in [0.25, 0.3) is 11.0 Å². The number of H-pyrrole nitrogens is 1. The molecule has 0 saturated carbocycles. The van der Waals surface area contributed by atoms with Gasteiger partial charge in [0.15, 0.2) is 0 Å². The van der Waals surface area contributed by atoms with E-state index in [1.165, 1.54) is 12.4 Å². The van der Waals surface area contributed by atoms with E-state index in [-0.39, 0.29) is 18.0 Å². The molecule has 1 fully saturated rings. The van der Waals surface area contributed by atoms with E-state index in [0.29, 0.717) is 6.54 Å². The Kier molecular flexibility index (Phi) is 4.29. The number of nitrogens with one attached hydrogen (secondary N) is 2. The summed E-state index contributed by atoms with van der Waals surface area (Å²) in [6.07, 6.45) is 5.66. The van der Waals surface area contributed by atoms with Crippen molar-refractivity contribution in [1.29, 1.82) is 0 Å². The number of anilines is 1. The van der Waals surface area contributed by atoms with E-state index in [1.54, 1.807) is 11.8 Å². The Bertz CT molecular complexity index is 711. The molecule has 1 aliphatic heterocycles. The van der Waals surface area contributed by atoms with E-state index in [0.717, 1.165) is 29.7 Å². The Morgan fingerprint density at radius 2 is 2.39 bits per heavy atom. The van der Waals surface area contributed by atoms with Crippen LogP contribution in [0.4, 0.5) is 5.82 Å². The minimum atomic E-state index is -0.560. The van der Waals surface area contributed by atoms with Crippen molar-refractivity contribution in [2.75, 3.05) is 11.9 Å². The van der Waals surface area contributed by atoms with E-state index < -0.39 is 6.10 Å². The lowest BCUT2D eigenvalue weighted by Gasteiger charge is -2.41. The average molecular weight is 315 g/mol. The van der Waals surface area contributed by atoms with E-state index in [9.17, 15) is 9.90 Å². The number of aliphatic hydroxyl groups excluding tert-OH is 1. The summed E-state index contributed by atoms with van der Waals surface area (Å²) < 4.78 is 0. The van der Waals surface area contributed by atoms with Gasteiger partial charge in [-0.15, -0.1) is 0 Å². The Balaban J connectivity index is 1.78. The van der Waals surface area contributed by atoms with Crippen LogP contribution in [0.3, 0.4) is 0 Å². The monoisotopic (exact) mass is 315 g/mol. The summed E-state index contributed by atoms with van der Waals surface area (Å²) in [6.45, 7) is 5.78. The van der Waals surface area contributed by atoms with Gasteiger partial charge in [0.05, 0.1) is 17.5 Å². The second kappa shape index (κ2) is 6.37. The van der Waals surface area contributed by atoms with Crippen LogP contribution in [-0.4, -0.2) is 55.6 Å². The molecule has 23 heavy (non-hydrogen) atoms. The van der Waals surface area contributed by atoms with Gasteiger partial charge in [-0.3, -0.25) is 4.79 Å². The maximum absolute atomic E-state index is 12.1. The number of rotatable bonds is 4. The number of amides is 1. The summed E-state index contributed by atoms with van der Waals surface area (Å²) in [5.74, 6) is 0.597. The number of aromatic nitrogens is 3. The van der Waals surface area contributed by atoms with Gasteiger partial charge >= 0.3 is 0 Å². The van der Waals surface area contributed by atoms with Gasteiger partial charge in [-0.25, -0.2) is 9.97 Å². The summed E-state index contributed by atoms with van der Waals surface area (Å²) in [4.78, 5) is 25.3. The second-order valence-electron chi connectivity index (χ2n) is 5.88. The summed E-state index contributed by atoms with van der Waals surface area (Å²) >= 11 is 0. The first-order valence-electron chi connectivity index (χ1n) is 7.76. The highest BCUT2D eigenvalue weighted by atomic mass is 16.3. The molecule has 122 valence electrons. The van der Waals surface area contributed by atoms with E-state index in [1.807, 2.05) is 12.3 Å². The van der Waals surface area contributed by atoms with Crippen LogP contribution in [0.1, 0.15) is 19.8 Å². The molecule has 0 aliphatic carbocycles. The van der Waals surface area contributed by atoms with Crippen LogP contribution in [0.5, 0.6) is 0 Å². The average Bonchev–Trinajstić information content (AvgIpc) is 3.03. The molecule has 0 bridgehead atoms. The van der Waals surface area contributed by atoms with Gasteiger partial charge in [0.1, 0.15) is 17.8 Å². The highest BCUT2D eigenvalue weighted by molar-refractivity contribution is 5.88. The lowest BCUT2D eigenvalue weighted by Crippen LogP contribution is -2.54. The lowest BCUT2D eigenvalue weighted by atomic mass is 9.94. The molecule has 7 heteroatoms. The fourth-order valence-electron chi connectivity index (χ4n) is 3.16. The van der Waals surface area contributed by atoms with Crippen molar-refractivity contribution >= 4 is 22.8 Å². The molecular weight excluding hydrogens is 294 g/mol. The highest BCUT2D eigenvalue weighted by Crippen LogP contribution is 2.25. The molecular formula is C16H21N5O2. The Morgan fingerprint density at radius 1 is 1.57 bits per heavy atom. The highest BCUT2D eigenvalue weighted by Gasteiger charge is 2.33. The van der Waals surface area contributed by atoms with Crippen LogP contribution >= 0.6 is 0 Å². The van der Waals surface area contributed by atoms with E-state index in [4.69, 9.17) is 0 Å². The van der Waals surface area contributed by atoms with Crippen LogP contribution in [0.2, 0.25) is 0 Å². The molecule has 3 heterocycles. The number of hydrogen-bond donors (Lipinski definition) is 3. The number of nitrogens with zero attached hydrogens (tertiary/aromatic N) is 3. The van der Waals surface area contributed by atoms with Crippen molar-refractivity contribution < 1.29 is 9.90 Å². The van der Waals surface area contributed by atoms with E-state index >= 15 is 0 Å². The zero-order valence-electron chi connectivity index (χ0n) is 13.1. The predicted molar refractivity (Wildman–Crippen MR) is 87.9 cm³/mol. The number of aliphatic hydroxyl groups is 1. The second-order valence-corrected chi connectivity index (χ2v) is 5.88. The van der Waals surface area contributed by atoms with Gasteiger partial charge in [0, 0.05) is 18.8 Å². The van der Waals surface area contributed by atoms with Gasteiger partial charge < -0.3 is 20.3 Å². The van der Waals surface area contributed by atoms with Gasteiger partial charge in [-0.05, 0) is 31.9 Å². The molecule has 3 atom stereocenters. The number of carbonyl (C=O) groups is 1. The fraction of sp³-hybridized carbons (Fsp3) is 0.438. The quantitative estimate of drug-likeness (QED) is 0.739. The molecule has 1 amide bonds. The zero-order valence-corrected chi connectivity index (χ0v) is 13.1. The molecule has 3 N–H and O–H groups in total. The number of piperidine rings is 1. The van der Waals surface area contributed by atoms with Crippen LogP contribution in [0, 0.1) is 0 Å². The largest absolute Gasteiger partial charge is 0.391 e. The third-order valence-corrected chi connectivity index (χ3v) is 4.34. The van der Waals surface area contributed by atoms with Crippen molar-refractivity contribution in [2.24, 2.45) is 0 Å². The molecule has 0 radical (unpaired) electrons. The van der Waals surface area contributed by atoms with Gasteiger partial charge in [-0.2, -0.15) is 0 Å². The van der Waals surface area contributed by atoms with Crippen molar-refractivity contribution in [3.05, 3.63) is 31.2 Å². The molecule has 1 saturated heterocycles. The zero-order chi connectivity index (χ0) is 16.4. The Hall–Kier alpha value is -2.41. The van der Waals surface area contributed by atoms with Crippen LogP contribution < -0.4 is 5.32 Å². The Labute approximate surface area is 134 Å². The lowest BCUT2D eigenvalue weighted by molar-refractivity contribution is -0.132. The predicted octanol–water partition coefficient (Wildman–Crippen LogP) is 1.30. The van der Waals surface area contributed by atoms with Gasteiger partial charge in [-0.1, -0.05) is 6.58 Å². The first-order valence-corrected chi connectivity index (χ1v) is 7.76. The Morgan fingerprint density at radius 3 is 3.13 bits per heavy atom. The van der Waals surface area contributed by atoms with Gasteiger partial charge in [0.2, 0.25) is 5.91 Å². The standard InChI is InChI=1S/C16H21N5O2/c1-3-14(23)21-8-11(4-5-13(21)10(2)22)20-16-12-6-7-17-15(12)18-9-19-16/h3,6-7,9-11,13,22H,1,4-5,8H2,2H3,(H2,17,18,19,20)/t10-,11-,13+/m1/s1. The first kappa shape index (κ1) is 15.5. The fourth-order valence-corrected chi connectivity index (χ4v) is 3.16. The van der Waals surface area contributed by atoms with Crippen molar-refractivity contribution in [3.63, 3.8) is 0 Å². The number of fused-ring (bicyclic) bond motifs is 1. The molecule has 1 aliphatic rings. The summed E-state index contributed by atoms with van der Waals surface area (Å²) in [7, 11) is 0. The molecule has 0 unspecified atom stereocenters.